The molecule has 0 saturated heterocycles. The highest BCUT2D eigenvalue weighted by Crippen LogP contribution is 2.31. The molecule has 2 aromatic heterocycles. The average Bonchev–Trinajstić information content (AvgIpc) is 2.65. The molecule has 0 fully saturated rings. The molecule has 0 aliphatic rings. The van der Waals surface area contributed by atoms with Crippen molar-refractivity contribution in [1.82, 2.24) is 20.2 Å². The highest BCUT2D eigenvalue weighted by atomic mass is 19.4. The van der Waals surface area contributed by atoms with Gasteiger partial charge in [0.2, 0.25) is 5.43 Å². The lowest BCUT2D eigenvalue weighted by Crippen LogP contribution is -2.42. The molecule has 0 spiro atoms. The molecule has 2 heterocycles. The van der Waals surface area contributed by atoms with E-state index in [2.05, 4.69) is 10.3 Å². The highest BCUT2D eigenvalue weighted by molar-refractivity contribution is 5.99. The molecule has 2 rings (SSSR count). The molecule has 2 aromatic rings. The Morgan fingerprint density at radius 1 is 1.03 bits per heavy atom. The van der Waals surface area contributed by atoms with Crippen molar-refractivity contribution < 1.29 is 22.8 Å². The first-order chi connectivity index (χ1) is 14.4. The van der Waals surface area contributed by atoms with Gasteiger partial charge in [0, 0.05) is 31.2 Å². The van der Waals surface area contributed by atoms with Gasteiger partial charge in [-0.1, -0.05) is 19.9 Å². The van der Waals surface area contributed by atoms with Crippen LogP contribution in [0.2, 0.25) is 0 Å². The summed E-state index contributed by atoms with van der Waals surface area (Å²) in [6, 6.07) is 1.25. The number of carbonyl (C=O) groups is 2. The molecule has 0 aliphatic heterocycles. The molecule has 0 saturated carbocycles. The molecule has 0 unspecified atom stereocenters. The zero-order valence-corrected chi connectivity index (χ0v) is 17.7. The second-order valence-corrected chi connectivity index (χ2v) is 7.84. The fraction of sp³-hybridized carbons (Fsp3) is 0.429. The summed E-state index contributed by atoms with van der Waals surface area (Å²) < 4.78 is 42.2. The van der Waals surface area contributed by atoms with Crippen molar-refractivity contribution in [3.05, 3.63) is 63.8 Å². The number of nitrogens with zero attached hydrogens (tertiary/aromatic N) is 2. The van der Waals surface area contributed by atoms with Crippen molar-refractivity contribution in [3.8, 4) is 0 Å². The van der Waals surface area contributed by atoms with E-state index >= 15 is 0 Å². The number of amides is 2. The summed E-state index contributed by atoms with van der Waals surface area (Å²) in [5, 5.41) is 4.41. The molecule has 0 radical (unpaired) electrons. The Morgan fingerprint density at radius 3 is 2.06 bits per heavy atom. The number of rotatable bonds is 7. The molecule has 0 aromatic carbocycles. The Balaban J connectivity index is 2.50. The third-order valence-electron chi connectivity index (χ3n) is 4.15. The van der Waals surface area contributed by atoms with Crippen LogP contribution in [0.4, 0.5) is 13.2 Å². The number of aromatic nitrogens is 2. The molecule has 7 nitrogen and oxygen atoms in total. The molecule has 168 valence electrons. The number of carbonyl (C=O) groups excluding carboxylic acids is 2. The maximum Gasteiger partial charge on any atom is 0.414 e. The maximum atomic E-state index is 13.6. The molecule has 0 bridgehead atoms. The first-order valence-corrected chi connectivity index (χ1v) is 9.73. The van der Waals surface area contributed by atoms with Gasteiger partial charge in [0.05, 0.1) is 5.69 Å². The first-order valence-electron chi connectivity index (χ1n) is 9.73. The smallest absolute Gasteiger partial charge is 0.352 e. The lowest BCUT2D eigenvalue weighted by atomic mass is 10.1. The number of pyridine rings is 2. The van der Waals surface area contributed by atoms with Crippen molar-refractivity contribution in [2.24, 2.45) is 5.92 Å². The third-order valence-corrected chi connectivity index (χ3v) is 4.15. The van der Waals surface area contributed by atoms with Crippen LogP contribution < -0.4 is 16.1 Å². The van der Waals surface area contributed by atoms with Crippen LogP contribution >= 0.6 is 0 Å². The topological polar surface area (TPSA) is 93.1 Å². The van der Waals surface area contributed by atoms with Gasteiger partial charge < -0.3 is 15.2 Å². The van der Waals surface area contributed by atoms with E-state index in [0.717, 1.165) is 12.3 Å². The van der Waals surface area contributed by atoms with E-state index < -0.39 is 40.7 Å². The average molecular weight is 438 g/mol. The highest BCUT2D eigenvalue weighted by Gasteiger charge is 2.43. The zero-order chi connectivity index (χ0) is 23.3. The summed E-state index contributed by atoms with van der Waals surface area (Å²) in [6.45, 7) is 7.51. The fourth-order valence-electron chi connectivity index (χ4n) is 2.90. The van der Waals surface area contributed by atoms with Crippen LogP contribution in [-0.2, 0) is 6.54 Å². The van der Waals surface area contributed by atoms with E-state index in [4.69, 9.17) is 0 Å². The van der Waals surface area contributed by atoms with Crippen molar-refractivity contribution in [1.29, 1.82) is 0 Å². The van der Waals surface area contributed by atoms with Gasteiger partial charge in [-0.05, 0) is 31.9 Å². The predicted molar refractivity (Wildman–Crippen MR) is 109 cm³/mol. The van der Waals surface area contributed by atoms with Gasteiger partial charge >= 0.3 is 6.18 Å². The zero-order valence-electron chi connectivity index (χ0n) is 17.7. The van der Waals surface area contributed by atoms with Crippen LogP contribution in [-0.4, -0.2) is 33.6 Å². The molecule has 2 N–H and O–H groups in total. The second-order valence-electron chi connectivity index (χ2n) is 7.84. The van der Waals surface area contributed by atoms with Crippen LogP contribution in [0.5, 0.6) is 0 Å². The van der Waals surface area contributed by atoms with Crippen LogP contribution in [0.1, 0.15) is 60.1 Å². The van der Waals surface area contributed by atoms with Gasteiger partial charge in [-0.15, -0.1) is 0 Å². The monoisotopic (exact) mass is 438 g/mol. The molecule has 31 heavy (non-hydrogen) atoms. The van der Waals surface area contributed by atoms with Gasteiger partial charge in [0.25, 0.3) is 11.8 Å². The van der Waals surface area contributed by atoms with Crippen LogP contribution in [0, 0.1) is 5.92 Å². The second kappa shape index (κ2) is 9.76. The summed E-state index contributed by atoms with van der Waals surface area (Å²) in [7, 11) is 0. The van der Waals surface area contributed by atoms with Crippen molar-refractivity contribution in [2.45, 2.75) is 52.5 Å². The van der Waals surface area contributed by atoms with Crippen molar-refractivity contribution in [2.75, 3.05) is 0 Å². The Kier molecular flexibility index (Phi) is 7.59. The minimum Gasteiger partial charge on any atom is -0.352 e. The van der Waals surface area contributed by atoms with Crippen LogP contribution in [0.25, 0.3) is 0 Å². The summed E-state index contributed by atoms with van der Waals surface area (Å²) in [5.41, 5.74) is -2.23. The molecular formula is C21H25F3N4O3. The number of nitrogens with one attached hydrogen (secondary N) is 2. The van der Waals surface area contributed by atoms with E-state index in [-0.39, 0.29) is 17.5 Å². The van der Waals surface area contributed by atoms with E-state index in [9.17, 15) is 27.6 Å². The summed E-state index contributed by atoms with van der Waals surface area (Å²) in [4.78, 5) is 41.7. The van der Waals surface area contributed by atoms with E-state index in [1.165, 1.54) is 29.1 Å². The minimum absolute atomic E-state index is 0.0934. The minimum atomic E-state index is -4.84. The standard InChI is InChI=1S/C21H25F3N4O3/c1-12(2)9-28-10-14(19(30)26-13(3)4)17(29)15(11-28)20(31)27-18(21(22,23)24)16-7-5-6-8-25-16/h5-8,10-13,18H,9H2,1-4H3,(H,26,30)(H,27,31)/t18-/m1/s1. The van der Waals surface area contributed by atoms with Crippen molar-refractivity contribution >= 4 is 11.8 Å². The van der Waals surface area contributed by atoms with Gasteiger partial charge in [-0.3, -0.25) is 19.4 Å². The lowest BCUT2D eigenvalue weighted by molar-refractivity contribution is -0.156. The molecular weight excluding hydrogens is 413 g/mol. The quantitative estimate of drug-likeness (QED) is 0.695. The van der Waals surface area contributed by atoms with Crippen molar-refractivity contribution in [3.63, 3.8) is 0 Å². The van der Waals surface area contributed by atoms with Crippen LogP contribution in [0.3, 0.4) is 0 Å². The van der Waals surface area contributed by atoms with Gasteiger partial charge in [0.1, 0.15) is 11.1 Å². The Morgan fingerprint density at radius 2 is 1.61 bits per heavy atom. The van der Waals surface area contributed by atoms with Gasteiger partial charge in [-0.25, -0.2) is 0 Å². The van der Waals surface area contributed by atoms with E-state index in [1.807, 2.05) is 19.2 Å². The number of hydrogen-bond donors (Lipinski definition) is 2. The van der Waals surface area contributed by atoms with Gasteiger partial charge in [-0.2, -0.15) is 13.2 Å². The van der Waals surface area contributed by atoms with Gasteiger partial charge in [0.15, 0.2) is 6.04 Å². The Bertz CT molecular complexity index is 986. The number of hydrogen-bond acceptors (Lipinski definition) is 4. The van der Waals surface area contributed by atoms with E-state index in [0.29, 0.717) is 6.54 Å². The Labute approximate surface area is 177 Å². The SMILES string of the molecule is CC(C)Cn1cc(C(=O)NC(C)C)c(=O)c(C(=O)N[C@H](c2ccccn2)C(F)(F)F)c1. The molecule has 0 aliphatic carbocycles. The lowest BCUT2D eigenvalue weighted by Gasteiger charge is -2.21. The summed E-state index contributed by atoms with van der Waals surface area (Å²) in [5.74, 6) is -1.85. The normalized spacial score (nSPS) is 12.7. The first kappa shape index (κ1) is 24.1. The number of alkyl halides is 3. The van der Waals surface area contributed by atoms with E-state index in [1.54, 1.807) is 13.8 Å². The Hall–Kier alpha value is -3.17. The summed E-state index contributed by atoms with van der Waals surface area (Å²) >= 11 is 0. The number of halogens is 3. The summed E-state index contributed by atoms with van der Waals surface area (Å²) in [6.07, 6.45) is -1.20. The van der Waals surface area contributed by atoms with Crippen LogP contribution in [0.15, 0.2) is 41.6 Å². The molecule has 2 amide bonds. The molecule has 1 atom stereocenters. The third kappa shape index (κ3) is 6.40. The fourth-order valence-corrected chi connectivity index (χ4v) is 2.90. The molecule has 10 heteroatoms. The maximum absolute atomic E-state index is 13.6. The predicted octanol–water partition coefficient (Wildman–Crippen LogP) is 3.07. The largest absolute Gasteiger partial charge is 0.414 e.